The number of nitrogens with one attached hydrogen (secondary N) is 1. The van der Waals surface area contributed by atoms with Gasteiger partial charge in [-0.25, -0.2) is 8.78 Å². The molecule has 3 heteroatoms. The predicted molar refractivity (Wildman–Crippen MR) is 52.5 cm³/mol. The fourth-order valence-corrected chi connectivity index (χ4v) is 2.65. The molecule has 0 aromatic carbocycles. The van der Waals surface area contributed by atoms with Crippen molar-refractivity contribution in [2.45, 2.75) is 63.5 Å². The highest BCUT2D eigenvalue weighted by atomic mass is 19.3. The molecule has 0 saturated heterocycles. The van der Waals surface area contributed by atoms with E-state index < -0.39 is 5.92 Å². The Morgan fingerprint density at radius 3 is 2.36 bits per heavy atom. The Kier molecular flexibility index (Phi) is 2.78. The van der Waals surface area contributed by atoms with Crippen LogP contribution in [-0.2, 0) is 0 Å². The molecule has 2 unspecified atom stereocenters. The van der Waals surface area contributed by atoms with Gasteiger partial charge in [0.05, 0.1) is 0 Å². The van der Waals surface area contributed by atoms with Gasteiger partial charge in [-0.2, -0.15) is 0 Å². The van der Waals surface area contributed by atoms with E-state index in [1.54, 1.807) is 0 Å². The number of alkyl halides is 2. The maximum absolute atomic E-state index is 12.6. The first-order valence-electron chi connectivity index (χ1n) is 5.71. The molecule has 2 rings (SSSR count). The standard InChI is InChI=1S/C11H19F2N/c1-8-4-2-3-5-10(8)14-9-6-11(12,13)7-9/h8-10,14H,2-7H2,1H3. The Bertz CT molecular complexity index is 197. The molecule has 0 spiro atoms. The van der Waals surface area contributed by atoms with Crippen molar-refractivity contribution in [2.24, 2.45) is 5.92 Å². The zero-order valence-electron chi connectivity index (χ0n) is 8.73. The molecule has 1 N–H and O–H groups in total. The number of hydrogen-bond acceptors (Lipinski definition) is 1. The van der Waals surface area contributed by atoms with Gasteiger partial charge in [0, 0.05) is 24.9 Å². The molecule has 1 nitrogen and oxygen atoms in total. The molecule has 0 radical (unpaired) electrons. The quantitative estimate of drug-likeness (QED) is 0.727. The van der Waals surface area contributed by atoms with Crippen molar-refractivity contribution in [2.75, 3.05) is 0 Å². The Morgan fingerprint density at radius 2 is 1.79 bits per heavy atom. The Hall–Kier alpha value is -0.180. The predicted octanol–water partition coefficient (Wildman–Crippen LogP) is 2.95. The summed E-state index contributed by atoms with van der Waals surface area (Å²) in [6.07, 6.45) is 5.09. The molecule has 2 saturated carbocycles. The monoisotopic (exact) mass is 203 g/mol. The topological polar surface area (TPSA) is 12.0 Å². The lowest BCUT2D eigenvalue weighted by Gasteiger charge is -2.40. The Labute approximate surface area is 84.3 Å². The third-order valence-corrected chi connectivity index (χ3v) is 3.65. The lowest BCUT2D eigenvalue weighted by atomic mass is 9.82. The van der Waals surface area contributed by atoms with E-state index in [-0.39, 0.29) is 18.9 Å². The average Bonchev–Trinajstić information content (AvgIpc) is 2.05. The van der Waals surface area contributed by atoms with E-state index in [0.29, 0.717) is 12.0 Å². The van der Waals surface area contributed by atoms with Crippen LogP contribution in [0, 0.1) is 5.92 Å². The van der Waals surface area contributed by atoms with Crippen LogP contribution in [0.4, 0.5) is 8.78 Å². The fraction of sp³-hybridized carbons (Fsp3) is 1.00. The second-order valence-electron chi connectivity index (χ2n) is 5.00. The van der Waals surface area contributed by atoms with Crippen LogP contribution in [0.25, 0.3) is 0 Å². The lowest BCUT2D eigenvalue weighted by Crippen LogP contribution is -2.53. The number of halogens is 2. The molecule has 2 fully saturated rings. The summed E-state index contributed by atoms with van der Waals surface area (Å²) in [5.41, 5.74) is 0. The van der Waals surface area contributed by atoms with Gasteiger partial charge in [0.25, 0.3) is 5.92 Å². The van der Waals surface area contributed by atoms with Crippen LogP contribution in [0.15, 0.2) is 0 Å². The van der Waals surface area contributed by atoms with Gasteiger partial charge in [-0.1, -0.05) is 19.8 Å². The third kappa shape index (κ3) is 2.25. The summed E-state index contributed by atoms with van der Waals surface area (Å²) in [5.74, 6) is -1.71. The molecule has 0 heterocycles. The SMILES string of the molecule is CC1CCCCC1NC1CC(F)(F)C1. The summed E-state index contributed by atoms with van der Waals surface area (Å²) in [7, 11) is 0. The first-order chi connectivity index (χ1) is 6.57. The average molecular weight is 203 g/mol. The van der Waals surface area contributed by atoms with Gasteiger partial charge in [0.15, 0.2) is 0 Å². The van der Waals surface area contributed by atoms with Gasteiger partial charge in [0.2, 0.25) is 0 Å². The van der Waals surface area contributed by atoms with Gasteiger partial charge in [0.1, 0.15) is 0 Å². The van der Waals surface area contributed by atoms with E-state index in [9.17, 15) is 8.78 Å². The van der Waals surface area contributed by atoms with Crippen molar-refractivity contribution in [3.63, 3.8) is 0 Å². The van der Waals surface area contributed by atoms with E-state index in [1.807, 2.05) is 0 Å². The van der Waals surface area contributed by atoms with E-state index >= 15 is 0 Å². The second kappa shape index (κ2) is 3.76. The third-order valence-electron chi connectivity index (χ3n) is 3.65. The second-order valence-corrected chi connectivity index (χ2v) is 5.00. The maximum atomic E-state index is 12.6. The summed E-state index contributed by atoms with van der Waals surface area (Å²) in [5, 5.41) is 3.38. The first-order valence-corrected chi connectivity index (χ1v) is 5.71. The molecule has 2 aliphatic rings. The molecule has 0 amide bonds. The maximum Gasteiger partial charge on any atom is 0.251 e. The summed E-state index contributed by atoms with van der Waals surface area (Å²) in [4.78, 5) is 0. The normalized spacial score (nSPS) is 37.9. The Morgan fingerprint density at radius 1 is 1.14 bits per heavy atom. The van der Waals surface area contributed by atoms with Crippen LogP contribution in [-0.4, -0.2) is 18.0 Å². The molecule has 0 aromatic rings. The summed E-state index contributed by atoms with van der Waals surface area (Å²) < 4.78 is 25.2. The molecule has 0 bridgehead atoms. The van der Waals surface area contributed by atoms with Crippen LogP contribution < -0.4 is 5.32 Å². The molecule has 0 aliphatic heterocycles. The van der Waals surface area contributed by atoms with Crippen LogP contribution in [0.3, 0.4) is 0 Å². The van der Waals surface area contributed by atoms with Gasteiger partial charge in [-0.15, -0.1) is 0 Å². The summed E-state index contributed by atoms with van der Waals surface area (Å²) in [6.45, 7) is 2.23. The molecular weight excluding hydrogens is 184 g/mol. The van der Waals surface area contributed by atoms with Crippen molar-refractivity contribution in [1.82, 2.24) is 5.32 Å². The van der Waals surface area contributed by atoms with E-state index in [4.69, 9.17) is 0 Å². The number of rotatable bonds is 2. The highest BCUT2D eigenvalue weighted by Gasteiger charge is 2.46. The van der Waals surface area contributed by atoms with Crippen molar-refractivity contribution < 1.29 is 8.78 Å². The van der Waals surface area contributed by atoms with Gasteiger partial charge < -0.3 is 5.32 Å². The van der Waals surface area contributed by atoms with Gasteiger partial charge in [-0.3, -0.25) is 0 Å². The fourth-order valence-electron chi connectivity index (χ4n) is 2.65. The molecule has 2 aliphatic carbocycles. The van der Waals surface area contributed by atoms with E-state index in [1.165, 1.54) is 25.7 Å². The molecule has 82 valence electrons. The number of hydrogen-bond donors (Lipinski definition) is 1. The van der Waals surface area contributed by atoms with Crippen molar-refractivity contribution >= 4 is 0 Å². The van der Waals surface area contributed by atoms with E-state index in [0.717, 1.165) is 0 Å². The van der Waals surface area contributed by atoms with Crippen molar-refractivity contribution in [3.8, 4) is 0 Å². The first kappa shape index (κ1) is 10.3. The lowest BCUT2D eigenvalue weighted by molar-refractivity contribution is -0.0965. The van der Waals surface area contributed by atoms with Crippen LogP contribution in [0.5, 0.6) is 0 Å². The summed E-state index contributed by atoms with van der Waals surface area (Å²) in [6, 6.07) is 0.570. The highest BCUT2D eigenvalue weighted by Crippen LogP contribution is 2.38. The van der Waals surface area contributed by atoms with E-state index in [2.05, 4.69) is 12.2 Å². The van der Waals surface area contributed by atoms with Gasteiger partial charge >= 0.3 is 0 Å². The highest BCUT2D eigenvalue weighted by molar-refractivity contribution is 4.94. The zero-order valence-corrected chi connectivity index (χ0v) is 8.73. The van der Waals surface area contributed by atoms with Crippen molar-refractivity contribution in [1.29, 1.82) is 0 Å². The minimum Gasteiger partial charge on any atom is -0.311 e. The largest absolute Gasteiger partial charge is 0.311 e. The van der Waals surface area contributed by atoms with Crippen LogP contribution in [0.2, 0.25) is 0 Å². The van der Waals surface area contributed by atoms with Crippen molar-refractivity contribution in [3.05, 3.63) is 0 Å². The van der Waals surface area contributed by atoms with Gasteiger partial charge in [-0.05, 0) is 18.8 Å². The molecule has 2 atom stereocenters. The smallest absolute Gasteiger partial charge is 0.251 e. The Balaban J connectivity index is 1.75. The molecular formula is C11H19F2N. The van der Waals surface area contributed by atoms with Crippen LogP contribution in [0.1, 0.15) is 45.4 Å². The van der Waals surface area contributed by atoms with Crippen LogP contribution >= 0.6 is 0 Å². The minimum absolute atomic E-state index is 0.0518. The zero-order chi connectivity index (χ0) is 10.2. The summed E-state index contributed by atoms with van der Waals surface area (Å²) >= 11 is 0. The molecule has 14 heavy (non-hydrogen) atoms. The minimum atomic E-state index is -2.38. The molecule has 0 aromatic heterocycles.